The van der Waals surface area contributed by atoms with Gasteiger partial charge in [-0.25, -0.2) is 4.39 Å². The summed E-state index contributed by atoms with van der Waals surface area (Å²) in [5, 5.41) is 19.5. The molecule has 0 heterocycles. The Hall–Kier alpha value is -1.93. The van der Waals surface area contributed by atoms with Crippen molar-refractivity contribution in [3.63, 3.8) is 0 Å². The Morgan fingerprint density at radius 3 is 2.75 bits per heavy atom. The zero-order chi connectivity index (χ0) is 15.3. The number of ether oxygens (including phenoxy) is 1. The van der Waals surface area contributed by atoms with Crippen LogP contribution in [0.25, 0.3) is 0 Å². The molecule has 1 aromatic rings. The number of methoxy groups -OCH3 is 1. The molecule has 0 saturated carbocycles. The van der Waals surface area contributed by atoms with E-state index in [4.69, 9.17) is 21.4 Å². The molecular weight excluding hydrogens is 295 g/mol. The van der Waals surface area contributed by atoms with Gasteiger partial charge in [0.25, 0.3) is 5.69 Å². The van der Waals surface area contributed by atoms with Crippen molar-refractivity contribution < 1.29 is 24.0 Å². The van der Waals surface area contributed by atoms with E-state index in [2.05, 4.69) is 0 Å². The van der Waals surface area contributed by atoms with E-state index < -0.39 is 28.9 Å². The molecule has 0 aliphatic rings. The third-order valence-electron chi connectivity index (χ3n) is 2.45. The van der Waals surface area contributed by atoms with E-state index in [1.807, 2.05) is 0 Å². The van der Waals surface area contributed by atoms with Gasteiger partial charge >= 0.3 is 5.97 Å². The molecule has 0 atom stereocenters. The highest BCUT2D eigenvalue weighted by Gasteiger charge is 2.23. The van der Waals surface area contributed by atoms with Crippen molar-refractivity contribution >= 4 is 28.9 Å². The summed E-state index contributed by atoms with van der Waals surface area (Å²) in [4.78, 5) is 22.2. The first-order valence-corrected chi connectivity index (χ1v) is 5.83. The Morgan fingerprint density at radius 1 is 1.60 bits per heavy atom. The predicted molar refractivity (Wildman–Crippen MR) is 69.8 cm³/mol. The van der Waals surface area contributed by atoms with Gasteiger partial charge in [0, 0.05) is 13.7 Å². The number of hydrogen-bond acceptors (Lipinski definition) is 5. The van der Waals surface area contributed by atoms with Crippen molar-refractivity contribution in [1.82, 2.24) is 0 Å². The maximum absolute atomic E-state index is 13.3. The minimum atomic E-state index is -1.18. The zero-order valence-electron chi connectivity index (χ0n) is 10.5. The van der Waals surface area contributed by atoms with Crippen LogP contribution in [0.4, 0.5) is 15.8 Å². The summed E-state index contributed by atoms with van der Waals surface area (Å²) < 4.78 is 18.1. The van der Waals surface area contributed by atoms with Crippen molar-refractivity contribution in [1.29, 1.82) is 0 Å². The van der Waals surface area contributed by atoms with E-state index in [1.54, 1.807) is 0 Å². The van der Waals surface area contributed by atoms with Crippen LogP contribution in [-0.4, -0.2) is 42.8 Å². The molecule has 1 aromatic carbocycles. The number of halogens is 2. The first-order chi connectivity index (χ1) is 9.36. The summed E-state index contributed by atoms with van der Waals surface area (Å²) >= 11 is 5.60. The smallest absolute Gasteiger partial charge is 0.323 e. The van der Waals surface area contributed by atoms with E-state index in [-0.39, 0.29) is 23.9 Å². The lowest BCUT2D eigenvalue weighted by Crippen LogP contribution is -2.33. The maximum Gasteiger partial charge on any atom is 0.323 e. The van der Waals surface area contributed by atoms with Gasteiger partial charge in [0.2, 0.25) is 0 Å². The number of benzene rings is 1. The fourth-order valence-corrected chi connectivity index (χ4v) is 1.73. The van der Waals surface area contributed by atoms with E-state index in [9.17, 15) is 19.3 Å². The van der Waals surface area contributed by atoms with Crippen LogP contribution in [0.1, 0.15) is 0 Å². The fourth-order valence-electron chi connectivity index (χ4n) is 1.57. The molecule has 7 nitrogen and oxygen atoms in total. The molecule has 0 radical (unpaired) electrons. The van der Waals surface area contributed by atoms with E-state index in [0.29, 0.717) is 6.07 Å². The normalized spacial score (nSPS) is 10.3. The van der Waals surface area contributed by atoms with Crippen LogP contribution in [0.3, 0.4) is 0 Å². The van der Waals surface area contributed by atoms with E-state index >= 15 is 0 Å². The summed E-state index contributed by atoms with van der Waals surface area (Å²) in [6.07, 6.45) is 0. The van der Waals surface area contributed by atoms with Crippen LogP contribution in [-0.2, 0) is 9.53 Å². The lowest BCUT2D eigenvalue weighted by Gasteiger charge is -2.22. The Morgan fingerprint density at radius 2 is 2.25 bits per heavy atom. The number of nitro benzene ring substituents is 1. The lowest BCUT2D eigenvalue weighted by atomic mass is 10.2. The average molecular weight is 307 g/mol. The largest absolute Gasteiger partial charge is 0.480 e. The highest BCUT2D eigenvalue weighted by Crippen LogP contribution is 2.33. The van der Waals surface area contributed by atoms with Gasteiger partial charge in [-0.3, -0.25) is 14.9 Å². The second-order valence-corrected chi connectivity index (χ2v) is 4.23. The zero-order valence-corrected chi connectivity index (χ0v) is 11.3. The molecule has 0 spiro atoms. The van der Waals surface area contributed by atoms with Crippen LogP contribution in [0.2, 0.25) is 5.02 Å². The van der Waals surface area contributed by atoms with Gasteiger partial charge in [-0.15, -0.1) is 0 Å². The number of carboxylic acid groups (broad SMARTS) is 1. The second kappa shape index (κ2) is 7.01. The molecule has 0 aliphatic carbocycles. The topological polar surface area (TPSA) is 92.9 Å². The SMILES string of the molecule is COCCN(CC(=O)O)c1cc(Cl)c(F)cc1[N+](=O)[O-]. The van der Waals surface area contributed by atoms with Gasteiger partial charge < -0.3 is 14.7 Å². The van der Waals surface area contributed by atoms with Crippen LogP contribution < -0.4 is 4.90 Å². The summed E-state index contributed by atoms with van der Waals surface area (Å²) in [7, 11) is 1.41. The summed E-state index contributed by atoms with van der Waals surface area (Å²) in [6.45, 7) is -0.253. The Bertz CT molecular complexity index is 526. The van der Waals surface area contributed by atoms with Crippen LogP contribution in [0.5, 0.6) is 0 Å². The van der Waals surface area contributed by atoms with Gasteiger partial charge in [0.15, 0.2) is 0 Å². The molecule has 0 aliphatic heterocycles. The Labute approximate surface area is 118 Å². The molecular formula is C11H12ClFN2O5. The monoisotopic (exact) mass is 306 g/mol. The van der Waals surface area contributed by atoms with Crippen molar-refractivity contribution in [3.05, 3.63) is 33.1 Å². The summed E-state index contributed by atoms with van der Waals surface area (Å²) in [5.41, 5.74) is -0.620. The molecule has 0 unspecified atom stereocenters. The third kappa shape index (κ3) is 4.04. The quantitative estimate of drug-likeness (QED) is 0.611. The number of aliphatic carboxylic acids is 1. The minimum absolute atomic E-state index is 0.0687. The number of nitro groups is 1. The predicted octanol–water partition coefficient (Wildman–Crippen LogP) is 1.92. The van der Waals surface area contributed by atoms with Gasteiger partial charge in [-0.2, -0.15) is 0 Å². The molecule has 110 valence electrons. The molecule has 1 N–H and O–H groups in total. The molecule has 0 amide bonds. The fraction of sp³-hybridized carbons (Fsp3) is 0.364. The van der Waals surface area contributed by atoms with Gasteiger partial charge in [-0.05, 0) is 6.07 Å². The Balaban J connectivity index is 3.25. The highest BCUT2D eigenvalue weighted by molar-refractivity contribution is 6.31. The molecule has 20 heavy (non-hydrogen) atoms. The lowest BCUT2D eigenvalue weighted by molar-refractivity contribution is -0.384. The first-order valence-electron chi connectivity index (χ1n) is 5.46. The third-order valence-corrected chi connectivity index (χ3v) is 2.74. The Kier molecular flexibility index (Phi) is 5.66. The number of anilines is 1. The molecule has 1 rings (SSSR count). The highest BCUT2D eigenvalue weighted by atomic mass is 35.5. The maximum atomic E-state index is 13.3. The number of carbonyl (C=O) groups is 1. The van der Waals surface area contributed by atoms with Crippen molar-refractivity contribution in [2.75, 3.05) is 31.7 Å². The van der Waals surface area contributed by atoms with E-state index in [0.717, 1.165) is 6.07 Å². The number of rotatable bonds is 7. The van der Waals surface area contributed by atoms with Crippen LogP contribution >= 0.6 is 11.6 Å². The molecule has 0 fully saturated rings. The van der Waals surface area contributed by atoms with Crippen molar-refractivity contribution in [2.45, 2.75) is 0 Å². The average Bonchev–Trinajstić information content (AvgIpc) is 2.36. The molecule has 0 aromatic heterocycles. The number of carboxylic acids is 1. The van der Waals surface area contributed by atoms with Crippen LogP contribution in [0.15, 0.2) is 12.1 Å². The minimum Gasteiger partial charge on any atom is -0.480 e. The number of nitrogens with zero attached hydrogens (tertiary/aromatic N) is 2. The van der Waals surface area contributed by atoms with E-state index in [1.165, 1.54) is 12.0 Å². The van der Waals surface area contributed by atoms with Crippen molar-refractivity contribution in [3.8, 4) is 0 Å². The molecule has 0 bridgehead atoms. The molecule has 9 heteroatoms. The van der Waals surface area contributed by atoms with Gasteiger partial charge in [0.1, 0.15) is 18.0 Å². The van der Waals surface area contributed by atoms with Crippen LogP contribution in [0, 0.1) is 15.9 Å². The number of hydrogen-bond donors (Lipinski definition) is 1. The summed E-state index contributed by atoms with van der Waals surface area (Å²) in [6, 6.07) is 1.70. The second-order valence-electron chi connectivity index (χ2n) is 3.82. The van der Waals surface area contributed by atoms with Gasteiger partial charge in [0.05, 0.1) is 22.6 Å². The van der Waals surface area contributed by atoms with Gasteiger partial charge in [-0.1, -0.05) is 11.6 Å². The summed E-state index contributed by atoms with van der Waals surface area (Å²) in [5.74, 6) is -2.13. The standard InChI is InChI=1S/C11H12ClFN2O5/c1-20-3-2-14(6-11(16)17)9-4-7(12)8(13)5-10(9)15(18)19/h4-5H,2-3,6H2,1H3,(H,16,17). The first kappa shape index (κ1) is 16.1. The van der Waals surface area contributed by atoms with Crippen molar-refractivity contribution in [2.24, 2.45) is 0 Å². The molecule has 0 saturated heterocycles.